The van der Waals surface area contributed by atoms with Crippen LogP contribution in [-0.4, -0.2) is 9.55 Å². The van der Waals surface area contributed by atoms with Crippen molar-refractivity contribution in [1.82, 2.24) is 9.55 Å². The zero-order chi connectivity index (χ0) is 12.6. The molecule has 2 rings (SSSR count). The van der Waals surface area contributed by atoms with Gasteiger partial charge < -0.3 is 10.3 Å². The molecule has 0 spiro atoms. The lowest BCUT2D eigenvalue weighted by Crippen LogP contribution is -2.04. The van der Waals surface area contributed by atoms with Crippen LogP contribution in [0.2, 0.25) is 0 Å². The molecule has 17 heavy (non-hydrogen) atoms. The summed E-state index contributed by atoms with van der Waals surface area (Å²) in [6.07, 6.45) is 1.64. The van der Waals surface area contributed by atoms with Crippen LogP contribution in [0.25, 0.3) is 11.3 Å². The predicted octanol–water partition coefficient (Wildman–Crippen LogP) is 3.61. The fourth-order valence-corrected chi connectivity index (χ4v) is 2.00. The summed E-state index contributed by atoms with van der Waals surface area (Å²) in [4.78, 5) is 4.18. The van der Waals surface area contributed by atoms with Crippen molar-refractivity contribution in [2.45, 2.75) is 19.9 Å². The molecule has 0 saturated carbocycles. The van der Waals surface area contributed by atoms with Gasteiger partial charge in [-0.3, -0.25) is 0 Å². The Balaban J connectivity index is 2.54. The van der Waals surface area contributed by atoms with Crippen molar-refractivity contribution in [3.05, 3.63) is 34.8 Å². The Morgan fingerprint density at radius 1 is 1.41 bits per heavy atom. The maximum Gasteiger partial charge on any atom is 0.133 e. The van der Waals surface area contributed by atoms with Gasteiger partial charge in [-0.05, 0) is 32.0 Å². The lowest BCUT2D eigenvalue weighted by Gasteiger charge is -2.09. The van der Waals surface area contributed by atoms with Crippen LogP contribution in [0.1, 0.15) is 19.9 Å². The third kappa shape index (κ3) is 2.20. The van der Waals surface area contributed by atoms with Crippen molar-refractivity contribution in [2.24, 2.45) is 0 Å². The highest BCUT2D eigenvalue weighted by Gasteiger charge is 2.15. The third-order valence-corrected chi connectivity index (χ3v) is 3.07. The van der Waals surface area contributed by atoms with Crippen LogP contribution in [0.5, 0.6) is 0 Å². The van der Waals surface area contributed by atoms with Gasteiger partial charge in [-0.2, -0.15) is 0 Å². The lowest BCUT2D eigenvalue weighted by atomic mass is 10.1. The molecular formula is C12H13BrFN3. The van der Waals surface area contributed by atoms with Crippen LogP contribution in [0.4, 0.5) is 10.2 Å². The second-order valence-electron chi connectivity index (χ2n) is 4.10. The van der Waals surface area contributed by atoms with Gasteiger partial charge in [-0.25, -0.2) is 9.37 Å². The molecule has 0 amide bonds. The Kier molecular flexibility index (Phi) is 3.19. The summed E-state index contributed by atoms with van der Waals surface area (Å²) in [6, 6.07) is 5.05. The molecule has 5 heteroatoms. The van der Waals surface area contributed by atoms with Gasteiger partial charge in [0, 0.05) is 16.1 Å². The van der Waals surface area contributed by atoms with E-state index in [1.54, 1.807) is 18.5 Å². The standard InChI is InChI=1S/C12H13BrFN3/c1-7(2)17-6-16-11(12(17)15)9-4-3-8(13)5-10(9)14/h3-7H,15H2,1-2H3. The first-order valence-corrected chi connectivity index (χ1v) is 6.07. The van der Waals surface area contributed by atoms with E-state index in [1.165, 1.54) is 6.07 Å². The predicted molar refractivity (Wildman–Crippen MR) is 70.1 cm³/mol. The van der Waals surface area contributed by atoms with Gasteiger partial charge in [0.25, 0.3) is 0 Å². The van der Waals surface area contributed by atoms with Crippen LogP contribution < -0.4 is 5.73 Å². The molecule has 2 N–H and O–H groups in total. The number of imidazole rings is 1. The zero-order valence-corrected chi connectivity index (χ0v) is 11.2. The van der Waals surface area contributed by atoms with Crippen molar-refractivity contribution in [2.75, 3.05) is 5.73 Å². The number of nitrogens with two attached hydrogens (primary N) is 1. The number of rotatable bonds is 2. The number of anilines is 1. The maximum atomic E-state index is 13.8. The van der Waals surface area contributed by atoms with E-state index < -0.39 is 0 Å². The molecule has 0 aliphatic carbocycles. The molecule has 1 heterocycles. The van der Waals surface area contributed by atoms with Gasteiger partial charge in [-0.15, -0.1) is 0 Å². The number of hydrogen-bond donors (Lipinski definition) is 1. The number of nitrogen functional groups attached to an aromatic ring is 1. The minimum atomic E-state index is -0.333. The van der Waals surface area contributed by atoms with Gasteiger partial charge in [0.1, 0.15) is 17.3 Å². The fourth-order valence-electron chi connectivity index (χ4n) is 1.67. The van der Waals surface area contributed by atoms with E-state index in [0.29, 0.717) is 21.5 Å². The van der Waals surface area contributed by atoms with Crippen molar-refractivity contribution in [1.29, 1.82) is 0 Å². The molecule has 0 fully saturated rings. The third-order valence-electron chi connectivity index (χ3n) is 2.57. The summed E-state index contributed by atoms with van der Waals surface area (Å²) in [5, 5.41) is 0. The molecule has 0 bridgehead atoms. The number of halogens is 2. The van der Waals surface area contributed by atoms with Crippen molar-refractivity contribution in [3.63, 3.8) is 0 Å². The largest absolute Gasteiger partial charge is 0.383 e. The molecule has 3 nitrogen and oxygen atoms in total. The zero-order valence-electron chi connectivity index (χ0n) is 9.61. The summed E-state index contributed by atoms with van der Waals surface area (Å²) < 4.78 is 16.3. The minimum Gasteiger partial charge on any atom is -0.383 e. The fraction of sp³-hybridized carbons (Fsp3) is 0.250. The molecule has 90 valence electrons. The van der Waals surface area contributed by atoms with E-state index in [2.05, 4.69) is 20.9 Å². The number of aromatic nitrogens is 2. The maximum absolute atomic E-state index is 13.8. The van der Waals surface area contributed by atoms with Gasteiger partial charge in [0.2, 0.25) is 0 Å². The van der Waals surface area contributed by atoms with Gasteiger partial charge >= 0.3 is 0 Å². The summed E-state index contributed by atoms with van der Waals surface area (Å²) in [6.45, 7) is 4.00. The second-order valence-corrected chi connectivity index (χ2v) is 5.02. The van der Waals surface area contributed by atoms with Gasteiger partial charge in [0.15, 0.2) is 0 Å². The highest BCUT2D eigenvalue weighted by molar-refractivity contribution is 9.10. The Bertz CT molecular complexity index is 549. The Morgan fingerprint density at radius 2 is 2.12 bits per heavy atom. The molecule has 0 saturated heterocycles. The minimum absolute atomic E-state index is 0.203. The van der Waals surface area contributed by atoms with Crippen molar-refractivity contribution >= 4 is 21.7 Å². The van der Waals surface area contributed by atoms with E-state index in [1.807, 2.05) is 18.4 Å². The van der Waals surface area contributed by atoms with Crippen LogP contribution in [0.15, 0.2) is 29.0 Å². The van der Waals surface area contributed by atoms with E-state index in [-0.39, 0.29) is 11.9 Å². The van der Waals surface area contributed by atoms with E-state index in [9.17, 15) is 4.39 Å². The number of hydrogen-bond acceptors (Lipinski definition) is 2. The van der Waals surface area contributed by atoms with Crippen molar-refractivity contribution in [3.8, 4) is 11.3 Å². The van der Waals surface area contributed by atoms with Crippen LogP contribution in [0, 0.1) is 5.82 Å². The second kappa shape index (κ2) is 4.49. The average molecular weight is 298 g/mol. The summed E-state index contributed by atoms with van der Waals surface area (Å²) in [5.74, 6) is 0.154. The Morgan fingerprint density at radius 3 is 2.65 bits per heavy atom. The Labute approximate surface area is 108 Å². The molecule has 1 aromatic carbocycles. The first kappa shape index (κ1) is 12.1. The molecule has 2 aromatic rings. The topological polar surface area (TPSA) is 43.8 Å². The van der Waals surface area contributed by atoms with Gasteiger partial charge in [-0.1, -0.05) is 15.9 Å². The van der Waals surface area contributed by atoms with Crippen LogP contribution in [-0.2, 0) is 0 Å². The van der Waals surface area contributed by atoms with Crippen LogP contribution in [0.3, 0.4) is 0 Å². The highest BCUT2D eigenvalue weighted by Crippen LogP contribution is 2.29. The molecule has 0 aliphatic rings. The average Bonchev–Trinajstić information content (AvgIpc) is 2.60. The molecule has 0 atom stereocenters. The number of benzene rings is 1. The number of nitrogens with zero attached hydrogens (tertiary/aromatic N) is 2. The van der Waals surface area contributed by atoms with Gasteiger partial charge in [0.05, 0.1) is 6.33 Å². The highest BCUT2D eigenvalue weighted by atomic mass is 79.9. The smallest absolute Gasteiger partial charge is 0.133 e. The monoisotopic (exact) mass is 297 g/mol. The molecule has 0 unspecified atom stereocenters. The van der Waals surface area contributed by atoms with E-state index >= 15 is 0 Å². The SMILES string of the molecule is CC(C)n1cnc(-c2ccc(Br)cc2F)c1N. The molecule has 0 radical (unpaired) electrons. The summed E-state index contributed by atoms with van der Waals surface area (Å²) in [7, 11) is 0. The van der Waals surface area contributed by atoms with Crippen LogP contribution >= 0.6 is 15.9 Å². The normalized spacial score (nSPS) is 11.1. The Hall–Kier alpha value is -1.36. The first-order valence-electron chi connectivity index (χ1n) is 5.28. The van der Waals surface area contributed by atoms with E-state index in [0.717, 1.165) is 0 Å². The quantitative estimate of drug-likeness (QED) is 0.920. The summed E-state index contributed by atoms with van der Waals surface area (Å²) in [5.41, 5.74) is 6.88. The lowest BCUT2D eigenvalue weighted by molar-refractivity contribution is 0.607. The first-order chi connectivity index (χ1) is 8.00. The van der Waals surface area contributed by atoms with Crippen molar-refractivity contribution < 1.29 is 4.39 Å². The summed E-state index contributed by atoms with van der Waals surface area (Å²) >= 11 is 3.22. The van der Waals surface area contributed by atoms with E-state index in [4.69, 9.17) is 5.73 Å². The molecule has 0 aliphatic heterocycles. The molecular weight excluding hydrogens is 285 g/mol. The molecule has 1 aromatic heterocycles.